The molecule has 1 aliphatic heterocycles. The lowest BCUT2D eigenvalue weighted by Crippen LogP contribution is -2.46. The number of carboxylic acid groups (broad SMARTS) is 1. The first kappa shape index (κ1) is 18.0. The zero-order valence-electron chi connectivity index (χ0n) is 13.6. The molecule has 1 heterocycles. The molecule has 8 heteroatoms. The van der Waals surface area contributed by atoms with Crippen LogP contribution in [0, 0.1) is 5.92 Å². The van der Waals surface area contributed by atoms with Gasteiger partial charge in [0.15, 0.2) is 0 Å². The van der Waals surface area contributed by atoms with Gasteiger partial charge in [-0.05, 0) is 30.0 Å². The minimum absolute atomic E-state index is 0.0441. The second-order valence-corrected chi connectivity index (χ2v) is 7.71. The van der Waals surface area contributed by atoms with Crippen LogP contribution in [-0.2, 0) is 19.4 Å². The molecule has 0 aromatic heterocycles. The van der Waals surface area contributed by atoms with E-state index < -0.39 is 27.9 Å². The van der Waals surface area contributed by atoms with Crippen LogP contribution in [0.2, 0.25) is 0 Å². The third kappa shape index (κ3) is 3.14. The second kappa shape index (κ2) is 6.64. The zero-order valence-corrected chi connectivity index (χ0v) is 14.4. The summed E-state index contributed by atoms with van der Waals surface area (Å²) < 4.78 is 30.1. The zero-order chi connectivity index (χ0) is 18.1. The Bertz CT molecular complexity index is 797. The average Bonchev–Trinajstić information content (AvgIpc) is 2.78. The van der Waals surface area contributed by atoms with Crippen LogP contribution in [0.25, 0.3) is 6.08 Å². The Labute approximate surface area is 140 Å². The standard InChI is InChI=1S/C16H19NO6S/c1-10(2)8-12(15(18)19)17(16(20)23-3)14-9-11-6-4-5-7-13(11)24(14,21)22/h4-7,9-10,12H,8H2,1-3H3,(H,18,19)/t12-/m0/s1. The number of hydrogen-bond acceptors (Lipinski definition) is 5. The van der Waals surface area contributed by atoms with Crippen molar-refractivity contribution in [3.8, 4) is 0 Å². The molecule has 0 radical (unpaired) electrons. The number of carbonyl (C=O) groups is 2. The maximum Gasteiger partial charge on any atom is 0.415 e. The summed E-state index contributed by atoms with van der Waals surface area (Å²) in [6.45, 7) is 3.58. The molecule has 0 saturated carbocycles. The molecule has 7 nitrogen and oxygen atoms in total. The Morgan fingerprint density at radius 1 is 1.25 bits per heavy atom. The first-order valence-electron chi connectivity index (χ1n) is 7.36. The van der Waals surface area contributed by atoms with Crippen LogP contribution in [0.1, 0.15) is 25.8 Å². The van der Waals surface area contributed by atoms with Crippen LogP contribution in [-0.4, -0.2) is 43.6 Å². The van der Waals surface area contributed by atoms with E-state index in [1.807, 2.05) is 0 Å². The Morgan fingerprint density at radius 2 is 1.88 bits per heavy atom. The summed E-state index contributed by atoms with van der Waals surface area (Å²) in [6.07, 6.45) is 0.372. The molecule has 2 rings (SSSR count). The molecule has 0 aliphatic carbocycles. The maximum absolute atomic E-state index is 12.7. The number of nitrogens with zero attached hydrogens (tertiary/aromatic N) is 1. The Hall–Kier alpha value is -2.35. The van der Waals surface area contributed by atoms with Gasteiger partial charge in [0.2, 0.25) is 9.84 Å². The Balaban J connectivity index is 2.58. The summed E-state index contributed by atoms with van der Waals surface area (Å²) in [5.74, 6) is -1.36. The predicted molar refractivity (Wildman–Crippen MR) is 86.7 cm³/mol. The topological polar surface area (TPSA) is 101 Å². The number of fused-ring (bicyclic) bond motifs is 1. The number of carbonyl (C=O) groups excluding carboxylic acids is 1. The second-order valence-electron chi connectivity index (χ2n) is 5.85. The molecule has 0 saturated heterocycles. The summed E-state index contributed by atoms with van der Waals surface area (Å²) >= 11 is 0. The monoisotopic (exact) mass is 353 g/mol. The van der Waals surface area contributed by atoms with Crippen molar-refractivity contribution >= 4 is 28.0 Å². The largest absolute Gasteiger partial charge is 0.480 e. The van der Waals surface area contributed by atoms with Gasteiger partial charge in [-0.2, -0.15) is 0 Å². The van der Waals surface area contributed by atoms with E-state index in [1.165, 1.54) is 12.1 Å². The quantitative estimate of drug-likeness (QED) is 0.872. The van der Waals surface area contributed by atoms with E-state index in [4.69, 9.17) is 0 Å². The molecule has 1 aliphatic rings. The molecule has 0 spiro atoms. The highest BCUT2D eigenvalue weighted by atomic mass is 32.2. The fraction of sp³-hybridized carbons (Fsp3) is 0.375. The number of benzene rings is 1. The van der Waals surface area contributed by atoms with Gasteiger partial charge in [0.1, 0.15) is 11.1 Å². The van der Waals surface area contributed by atoms with Gasteiger partial charge in [-0.15, -0.1) is 0 Å². The van der Waals surface area contributed by atoms with Crippen LogP contribution in [0.3, 0.4) is 0 Å². The summed E-state index contributed by atoms with van der Waals surface area (Å²) in [5, 5.41) is 9.14. The van der Waals surface area contributed by atoms with E-state index in [-0.39, 0.29) is 22.3 Å². The normalized spacial score (nSPS) is 16.2. The van der Waals surface area contributed by atoms with Crippen LogP contribution in [0.4, 0.5) is 4.79 Å². The number of sulfone groups is 1. The van der Waals surface area contributed by atoms with E-state index in [0.29, 0.717) is 5.56 Å². The van der Waals surface area contributed by atoms with Crippen molar-refractivity contribution in [2.45, 2.75) is 31.2 Å². The first-order chi connectivity index (χ1) is 11.2. The highest BCUT2D eigenvalue weighted by Crippen LogP contribution is 2.36. The van der Waals surface area contributed by atoms with E-state index in [2.05, 4.69) is 4.74 Å². The SMILES string of the molecule is COC(=O)N(C1=Cc2ccccc2S1(=O)=O)[C@@H](CC(C)C)C(=O)O. The molecule has 1 amide bonds. The molecule has 1 aromatic rings. The lowest BCUT2D eigenvalue weighted by molar-refractivity contribution is -0.142. The van der Waals surface area contributed by atoms with Crippen LogP contribution in [0.5, 0.6) is 0 Å². The van der Waals surface area contributed by atoms with Crippen molar-refractivity contribution in [1.82, 2.24) is 4.90 Å². The minimum atomic E-state index is -3.99. The molecule has 1 aromatic carbocycles. The van der Waals surface area contributed by atoms with Crippen molar-refractivity contribution in [3.05, 3.63) is 34.9 Å². The van der Waals surface area contributed by atoms with Crippen molar-refractivity contribution in [2.75, 3.05) is 7.11 Å². The molecule has 1 atom stereocenters. The van der Waals surface area contributed by atoms with Gasteiger partial charge in [0.05, 0.1) is 12.0 Å². The van der Waals surface area contributed by atoms with Gasteiger partial charge in [0.25, 0.3) is 0 Å². The number of methoxy groups -OCH3 is 1. The average molecular weight is 353 g/mol. The third-order valence-corrected chi connectivity index (χ3v) is 5.48. The number of aliphatic carboxylic acids is 1. The summed E-state index contributed by atoms with van der Waals surface area (Å²) in [5.41, 5.74) is 0.412. The Kier molecular flexibility index (Phi) is 4.98. The summed E-state index contributed by atoms with van der Waals surface area (Å²) in [7, 11) is -2.91. The van der Waals surface area contributed by atoms with Crippen LogP contribution < -0.4 is 0 Å². The van der Waals surface area contributed by atoms with Crippen LogP contribution >= 0.6 is 0 Å². The molecule has 130 valence electrons. The fourth-order valence-corrected chi connectivity index (χ4v) is 4.26. The van der Waals surface area contributed by atoms with E-state index in [0.717, 1.165) is 12.0 Å². The minimum Gasteiger partial charge on any atom is -0.480 e. The smallest absolute Gasteiger partial charge is 0.415 e. The van der Waals surface area contributed by atoms with Gasteiger partial charge in [-0.3, -0.25) is 4.90 Å². The van der Waals surface area contributed by atoms with Crippen molar-refractivity contribution in [2.24, 2.45) is 5.92 Å². The first-order valence-corrected chi connectivity index (χ1v) is 8.84. The van der Waals surface area contributed by atoms with Gasteiger partial charge in [-0.25, -0.2) is 18.0 Å². The predicted octanol–water partition coefficient (Wildman–Crippen LogP) is 2.34. The van der Waals surface area contributed by atoms with Gasteiger partial charge in [-0.1, -0.05) is 32.0 Å². The molecule has 0 unspecified atom stereocenters. The number of carboxylic acids is 1. The number of amides is 1. The lowest BCUT2D eigenvalue weighted by Gasteiger charge is -2.29. The molecule has 0 fully saturated rings. The molecule has 0 bridgehead atoms. The summed E-state index contributed by atoms with van der Waals surface area (Å²) in [4.78, 5) is 24.6. The van der Waals surface area contributed by atoms with Crippen molar-refractivity contribution in [1.29, 1.82) is 0 Å². The van der Waals surface area contributed by atoms with E-state index >= 15 is 0 Å². The number of ether oxygens (including phenoxy) is 1. The number of hydrogen-bond donors (Lipinski definition) is 1. The Morgan fingerprint density at radius 3 is 2.38 bits per heavy atom. The van der Waals surface area contributed by atoms with Crippen molar-refractivity contribution < 1.29 is 27.9 Å². The van der Waals surface area contributed by atoms with Crippen LogP contribution in [0.15, 0.2) is 34.2 Å². The molecule has 24 heavy (non-hydrogen) atoms. The van der Waals surface area contributed by atoms with E-state index in [9.17, 15) is 23.1 Å². The summed E-state index contributed by atoms with van der Waals surface area (Å²) in [6, 6.07) is 4.90. The highest BCUT2D eigenvalue weighted by molar-refractivity contribution is 7.95. The fourth-order valence-electron chi connectivity index (χ4n) is 2.60. The molecule has 1 N–H and O–H groups in total. The molecular formula is C16H19NO6S. The maximum atomic E-state index is 12.7. The molecular weight excluding hydrogens is 334 g/mol. The lowest BCUT2D eigenvalue weighted by atomic mass is 10.0. The highest BCUT2D eigenvalue weighted by Gasteiger charge is 2.42. The van der Waals surface area contributed by atoms with E-state index in [1.54, 1.807) is 32.0 Å². The van der Waals surface area contributed by atoms with Crippen molar-refractivity contribution in [3.63, 3.8) is 0 Å². The van der Waals surface area contributed by atoms with Gasteiger partial charge in [0, 0.05) is 0 Å². The van der Waals surface area contributed by atoms with Gasteiger partial charge >= 0.3 is 12.1 Å². The van der Waals surface area contributed by atoms with Gasteiger partial charge < -0.3 is 9.84 Å². The number of rotatable bonds is 5. The third-order valence-electron chi connectivity index (χ3n) is 3.66.